The zero-order chi connectivity index (χ0) is 12.7. The molecule has 0 unspecified atom stereocenters. The fraction of sp³-hybridized carbons (Fsp3) is 0.273. The van der Waals surface area contributed by atoms with Gasteiger partial charge >= 0.3 is 5.97 Å². The summed E-state index contributed by atoms with van der Waals surface area (Å²) < 4.78 is 0. The topological polar surface area (TPSA) is 66.4 Å². The maximum absolute atomic E-state index is 11.5. The van der Waals surface area contributed by atoms with Crippen LogP contribution >= 0.6 is 23.4 Å². The van der Waals surface area contributed by atoms with E-state index in [9.17, 15) is 9.59 Å². The van der Waals surface area contributed by atoms with E-state index in [2.05, 4.69) is 5.32 Å². The van der Waals surface area contributed by atoms with Crippen LogP contribution in [0.1, 0.15) is 6.42 Å². The highest BCUT2D eigenvalue weighted by Crippen LogP contribution is 2.20. The largest absolute Gasteiger partial charge is 0.481 e. The van der Waals surface area contributed by atoms with Gasteiger partial charge < -0.3 is 10.4 Å². The first-order chi connectivity index (χ1) is 8.09. The number of benzene rings is 1. The lowest BCUT2D eigenvalue weighted by Crippen LogP contribution is -2.13. The van der Waals surface area contributed by atoms with E-state index in [0.29, 0.717) is 16.5 Å². The van der Waals surface area contributed by atoms with E-state index in [-0.39, 0.29) is 18.1 Å². The first kappa shape index (κ1) is 13.9. The van der Waals surface area contributed by atoms with Crippen molar-refractivity contribution < 1.29 is 14.7 Å². The second kappa shape index (κ2) is 7.19. The number of carboxylic acid groups (broad SMARTS) is 1. The van der Waals surface area contributed by atoms with Crippen molar-refractivity contribution >= 4 is 40.9 Å². The molecule has 0 bridgehead atoms. The Kier molecular flexibility index (Phi) is 5.86. The predicted molar refractivity (Wildman–Crippen MR) is 69.7 cm³/mol. The Labute approximate surface area is 108 Å². The van der Waals surface area contributed by atoms with Gasteiger partial charge in [0.1, 0.15) is 0 Å². The number of carbonyl (C=O) groups excluding carboxylic acids is 1. The van der Waals surface area contributed by atoms with Crippen LogP contribution in [0.25, 0.3) is 0 Å². The van der Waals surface area contributed by atoms with Gasteiger partial charge in [-0.25, -0.2) is 0 Å². The molecule has 2 N–H and O–H groups in total. The summed E-state index contributed by atoms with van der Waals surface area (Å²) in [5.41, 5.74) is 0.572. The molecule has 92 valence electrons. The highest BCUT2D eigenvalue weighted by Gasteiger charge is 2.05. The van der Waals surface area contributed by atoms with Crippen LogP contribution in [0.4, 0.5) is 5.69 Å². The molecule has 6 heteroatoms. The van der Waals surface area contributed by atoms with Gasteiger partial charge in [0.05, 0.1) is 16.5 Å². The zero-order valence-corrected chi connectivity index (χ0v) is 10.6. The predicted octanol–water partition coefficient (Wildman–Crippen LogP) is 2.49. The highest BCUT2D eigenvalue weighted by molar-refractivity contribution is 7.99. The van der Waals surface area contributed by atoms with Crippen molar-refractivity contribution in [2.24, 2.45) is 0 Å². The Morgan fingerprint density at radius 1 is 1.35 bits per heavy atom. The van der Waals surface area contributed by atoms with E-state index in [1.165, 1.54) is 11.8 Å². The fourth-order valence-electron chi connectivity index (χ4n) is 1.10. The number of para-hydroxylation sites is 1. The summed E-state index contributed by atoms with van der Waals surface area (Å²) in [5, 5.41) is 11.6. The molecular formula is C11H12ClNO3S. The average Bonchev–Trinajstić information content (AvgIpc) is 2.27. The summed E-state index contributed by atoms with van der Waals surface area (Å²) in [4.78, 5) is 21.7. The number of hydrogen-bond donors (Lipinski definition) is 2. The van der Waals surface area contributed by atoms with E-state index in [0.717, 1.165) is 0 Å². The molecule has 1 aromatic rings. The second-order valence-corrected chi connectivity index (χ2v) is 4.74. The Balaban J connectivity index is 2.30. The van der Waals surface area contributed by atoms with Crippen molar-refractivity contribution in [3.63, 3.8) is 0 Å². The number of amides is 1. The van der Waals surface area contributed by atoms with Crippen molar-refractivity contribution in [3.8, 4) is 0 Å². The number of carbonyl (C=O) groups is 2. The van der Waals surface area contributed by atoms with Gasteiger partial charge in [-0.15, -0.1) is 11.8 Å². The van der Waals surface area contributed by atoms with Crippen LogP contribution < -0.4 is 5.32 Å². The van der Waals surface area contributed by atoms with Gasteiger partial charge in [-0.3, -0.25) is 9.59 Å². The molecule has 0 radical (unpaired) electrons. The minimum absolute atomic E-state index is 0.0133. The first-order valence-corrected chi connectivity index (χ1v) is 6.47. The number of thioether (sulfide) groups is 1. The van der Waals surface area contributed by atoms with Gasteiger partial charge in [0.2, 0.25) is 5.91 Å². The van der Waals surface area contributed by atoms with Crippen LogP contribution in [0.5, 0.6) is 0 Å². The van der Waals surface area contributed by atoms with Gasteiger partial charge in [0.15, 0.2) is 0 Å². The van der Waals surface area contributed by atoms with Crippen LogP contribution in [0.3, 0.4) is 0 Å². The third-order valence-electron chi connectivity index (χ3n) is 1.85. The summed E-state index contributed by atoms with van der Waals surface area (Å²) in [6, 6.07) is 6.96. The quantitative estimate of drug-likeness (QED) is 0.782. The van der Waals surface area contributed by atoms with Gasteiger partial charge in [-0.05, 0) is 12.1 Å². The smallest absolute Gasteiger partial charge is 0.313 e. The molecule has 0 aliphatic carbocycles. The van der Waals surface area contributed by atoms with Crippen LogP contribution in [0.15, 0.2) is 24.3 Å². The van der Waals surface area contributed by atoms with Gasteiger partial charge in [0, 0.05) is 12.2 Å². The molecule has 1 rings (SSSR count). The molecule has 0 saturated heterocycles. The molecule has 0 aliphatic rings. The lowest BCUT2D eigenvalue weighted by atomic mass is 10.3. The molecule has 1 amide bonds. The van der Waals surface area contributed by atoms with Crippen molar-refractivity contribution in [2.75, 3.05) is 16.8 Å². The molecule has 4 nitrogen and oxygen atoms in total. The van der Waals surface area contributed by atoms with Crippen LogP contribution in [0, 0.1) is 0 Å². The first-order valence-electron chi connectivity index (χ1n) is 4.93. The SMILES string of the molecule is O=C(O)CSCCC(=O)Nc1ccccc1Cl. The van der Waals surface area contributed by atoms with Crippen molar-refractivity contribution in [2.45, 2.75) is 6.42 Å². The van der Waals surface area contributed by atoms with Gasteiger partial charge in [0.25, 0.3) is 0 Å². The monoisotopic (exact) mass is 273 g/mol. The van der Waals surface area contributed by atoms with Crippen LogP contribution in [-0.4, -0.2) is 28.5 Å². The summed E-state index contributed by atoms with van der Waals surface area (Å²) in [5.74, 6) is -0.556. The maximum atomic E-state index is 11.5. The van der Waals surface area contributed by atoms with Crippen molar-refractivity contribution in [1.29, 1.82) is 0 Å². The number of hydrogen-bond acceptors (Lipinski definition) is 3. The fourth-order valence-corrected chi connectivity index (χ4v) is 1.93. The highest BCUT2D eigenvalue weighted by atomic mass is 35.5. The zero-order valence-electron chi connectivity index (χ0n) is 8.98. The number of nitrogens with one attached hydrogen (secondary N) is 1. The molecule has 0 atom stereocenters. The minimum Gasteiger partial charge on any atom is -0.481 e. The number of aliphatic carboxylic acids is 1. The van der Waals surface area contributed by atoms with E-state index >= 15 is 0 Å². The molecule has 0 saturated carbocycles. The average molecular weight is 274 g/mol. The van der Waals surface area contributed by atoms with E-state index in [1.807, 2.05) is 0 Å². The molecule has 0 aliphatic heterocycles. The number of halogens is 1. The molecule has 0 aromatic heterocycles. The second-order valence-electron chi connectivity index (χ2n) is 3.22. The number of carboxylic acids is 1. The summed E-state index contributed by atoms with van der Waals surface area (Å²) in [7, 11) is 0. The molecule has 0 fully saturated rings. The lowest BCUT2D eigenvalue weighted by molar-refractivity contribution is -0.134. The van der Waals surface area contributed by atoms with E-state index < -0.39 is 5.97 Å². The van der Waals surface area contributed by atoms with E-state index in [4.69, 9.17) is 16.7 Å². The molecular weight excluding hydrogens is 262 g/mol. The van der Waals surface area contributed by atoms with Crippen molar-refractivity contribution in [1.82, 2.24) is 0 Å². The normalized spacial score (nSPS) is 9.94. The number of rotatable bonds is 6. The Morgan fingerprint density at radius 3 is 2.71 bits per heavy atom. The lowest BCUT2D eigenvalue weighted by Gasteiger charge is -2.06. The molecule has 17 heavy (non-hydrogen) atoms. The standard InChI is InChI=1S/C11H12ClNO3S/c12-8-3-1-2-4-9(8)13-10(14)5-6-17-7-11(15)16/h1-4H,5-7H2,(H,13,14)(H,15,16). The third kappa shape index (κ3) is 5.60. The molecule has 0 spiro atoms. The van der Waals surface area contributed by atoms with Gasteiger partial charge in [-0.2, -0.15) is 0 Å². The van der Waals surface area contributed by atoms with Crippen molar-refractivity contribution in [3.05, 3.63) is 29.3 Å². The third-order valence-corrected chi connectivity index (χ3v) is 3.12. The summed E-state index contributed by atoms with van der Waals surface area (Å²) in [6.45, 7) is 0. The Morgan fingerprint density at radius 2 is 2.06 bits per heavy atom. The van der Waals surface area contributed by atoms with Gasteiger partial charge in [-0.1, -0.05) is 23.7 Å². The van der Waals surface area contributed by atoms with Crippen LogP contribution in [-0.2, 0) is 9.59 Å². The number of anilines is 1. The van der Waals surface area contributed by atoms with E-state index in [1.54, 1.807) is 24.3 Å². The molecule has 0 heterocycles. The minimum atomic E-state index is -0.874. The maximum Gasteiger partial charge on any atom is 0.313 e. The Bertz CT molecular complexity index is 411. The summed E-state index contributed by atoms with van der Waals surface area (Å²) in [6.07, 6.45) is 0.267. The van der Waals surface area contributed by atoms with Crippen LogP contribution in [0.2, 0.25) is 5.02 Å². The summed E-state index contributed by atoms with van der Waals surface area (Å²) >= 11 is 7.08. The molecule has 1 aromatic carbocycles. The Hall–Kier alpha value is -1.20.